The molecule has 0 aliphatic carbocycles. The molecule has 4 aromatic rings. The summed E-state index contributed by atoms with van der Waals surface area (Å²) in [6, 6.07) is 19.8. The Labute approximate surface area is 237 Å². The van der Waals surface area contributed by atoms with Crippen LogP contribution in [0.3, 0.4) is 0 Å². The van der Waals surface area contributed by atoms with Crippen molar-refractivity contribution in [2.45, 2.75) is 18.7 Å². The Morgan fingerprint density at radius 2 is 1.68 bits per heavy atom. The molecule has 0 saturated heterocycles. The van der Waals surface area contributed by atoms with Gasteiger partial charge >= 0.3 is 6.18 Å². The molecule has 200 valence electrons. The van der Waals surface area contributed by atoms with Gasteiger partial charge in [0, 0.05) is 26.3 Å². The largest absolute Gasteiger partial charge is 0.491 e. The van der Waals surface area contributed by atoms with Crippen molar-refractivity contribution in [3.8, 4) is 6.07 Å². The molecule has 1 unspecified atom stereocenters. The normalized spacial score (nSPS) is 18.5. The molecule has 0 bridgehead atoms. The zero-order chi connectivity index (χ0) is 29.2. The second-order valence-electron chi connectivity index (χ2n) is 9.02. The maximum absolute atomic E-state index is 14.9. The molecule has 1 aliphatic rings. The van der Waals surface area contributed by atoms with Crippen LogP contribution >= 0.6 is 11.3 Å². The van der Waals surface area contributed by atoms with Crippen LogP contribution in [0.5, 0.6) is 0 Å². The predicted octanol–water partition coefficient (Wildman–Crippen LogP) is 9.30. The minimum Gasteiger partial charge on any atom is -0.491 e. The van der Waals surface area contributed by atoms with Crippen molar-refractivity contribution in [2.75, 3.05) is 0 Å². The lowest BCUT2D eigenvalue weighted by molar-refractivity contribution is -0.249. The standard InChI is InChI=1S/C32H18F3N3O2S/c1-20-9-10-21-18-23(39-28(21)17-20)11-12-24-13-14-25(41-24)15-16-26-29(38-3)30(27(19-36)37-2)40-31(26,32(33,34)35)22-7-5-4-6-8-22/h4-18H,1H3/b12-11+,16-15+,30-27+. The van der Waals surface area contributed by atoms with Gasteiger partial charge in [0.05, 0.1) is 19.2 Å². The zero-order valence-electron chi connectivity index (χ0n) is 21.4. The van der Waals surface area contributed by atoms with Gasteiger partial charge in [-0.3, -0.25) is 0 Å². The van der Waals surface area contributed by atoms with E-state index < -0.39 is 34.5 Å². The summed E-state index contributed by atoms with van der Waals surface area (Å²) in [6.07, 6.45) is 1.28. The van der Waals surface area contributed by atoms with Gasteiger partial charge in [-0.05, 0) is 55.0 Å². The van der Waals surface area contributed by atoms with Crippen LogP contribution in [-0.2, 0) is 10.3 Å². The van der Waals surface area contributed by atoms with Gasteiger partial charge in [-0.1, -0.05) is 48.5 Å². The van der Waals surface area contributed by atoms with E-state index in [-0.39, 0.29) is 5.56 Å². The number of allylic oxidation sites excluding steroid dienone is 1. The van der Waals surface area contributed by atoms with E-state index in [9.17, 15) is 18.4 Å². The monoisotopic (exact) mass is 565 g/mol. The number of nitrogens with zero attached hydrogens (tertiary/aromatic N) is 3. The van der Waals surface area contributed by atoms with Crippen molar-refractivity contribution in [2.24, 2.45) is 0 Å². The fourth-order valence-electron chi connectivity index (χ4n) is 4.52. The molecule has 5 nitrogen and oxygen atoms in total. The molecule has 0 saturated carbocycles. The fourth-order valence-corrected chi connectivity index (χ4v) is 5.34. The molecule has 5 rings (SSSR count). The van der Waals surface area contributed by atoms with E-state index in [2.05, 4.69) is 9.69 Å². The lowest BCUT2D eigenvalue weighted by Gasteiger charge is -2.34. The van der Waals surface area contributed by atoms with Crippen LogP contribution in [0.4, 0.5) is 13.2 Å². The van der Waals surface area contributed by atoms with Crippen molar-refractivity contribution in [3.05, 3.63) is 145 Å². The Morgan fingerprint density at radius 1 is 0.976 bits per heavy atom. The SMILES string of the molecule is [C-]#[N+]C1=C(/C=C/c2ccc(/C=C/c3cc4ccc(C)cc4o3)s2)C(c2ccccc2)(C(F)(F)F)O/C1=C(\C#N)[N+]#[C-]. The Bertz CT molecular complexity index is 1890. The highest BCUT2D eigenvalue weighted by Gasteiger charge is 2.64. The van der Waals surface area contributed by atoms with Crippen LogP contribution in [0.2, 0.25) is 0 Å². The maximum atomic E-state index is 14.9. The molecule has 0 spiro atoms. The van der Waals surface area contributed by atoms with Gasteiger partial charge in [0.2, 0.25) is 11.3 Å². The molecule has 3 heterocycles. The van der Waals surface area contributed by atoms with E-state index in [1.807, 2.05) is 49.4 Å². The second-order valence-corrected chi connectivity index (χ2v) is 10.2. The number of halogens is 3. The second kappa shape index (κ2) is 10.7. The summed E-state index contributed by atoms with van der Waals surface area (Å²) in [6.45, 7) is 16.9. The van der Waals surface area contributed by atoms with Crippen molar-refractivity contribution in [3.63, 3.8) is 0 Å². The van der Waals surface area contributed by atoms with Crippen molar-refractivity contribution in [1.29, 1.82) is 5.26 Å². The van der Waals surface area contributed by atoms with E-state index in [4.69, 9.17) is 22.3 Å². The molecule has 0 fully saturated rings. The topological polar surface area (TPSA) is 54.9 Å². The molecule has 2 aromatic heterocycles. The zero-order valence-corrected chi connectivity index (χ0v) is 22.2. The Kier molecular flexibility index (Phi) is 7.11. The number of fused-ring (bicyclic) bond motifs is 1. The van der Waals surface area contributed by atoms with Gasteiger partial charge in [-0.2, -0.15) is 13.2 Å². The van der Waals surface area contributed by atoms with Crippen molar-refractivity contribution in [1.82, 2.24) is 0 Å². The molecule has 1 aliphatic heterocycles. The van der Waals surface area contributed by atoms with E-state index in [0.29, 0.717) is 10.6 Å². The summed E-state index contributed by atoms with van der Waals surface area (Å²) < 4.78 is 56.0. The first-order chi connectivity index (χ1) is 19.7. The number of rotatable bonds is 5. The number of hydrogen-bond donors (Lipinski definition) is 0. The molecule has 0 amide bonds. The highest BCUT2D eigenvalue weighted by Crippen LogP contribution is 2.56. The third-order valence-corrected chi connectivity index (χ3v) is 7.41. The van der Waals surface area contributed by atoms with Crippen LogP contribution in [0.1, 0.15) is 26.6 Å². The first-order valence-corrected chi connectivity index (χ1v) is 12.9. The quantitative estimate of drug-likeness (QED) is 0.179. The molecule has 9 heteroatoms. The van der Waals surface area contributed by atoms with E-state index in [0.717, 1.165) is 21.4 Å². The first kappa shape index (κ1) is 27.3. The number of nitriles is 1. The molecule has 0 N–H and O–H groups in total. The minimum absolute atomic E-state index is 0.276. The van der Waals surface area contributed by atoms with Crippen LogP contribution in [-0.4, -0.2) is 6.18 Å². The highest BCUT2D eigenvalue weighted by atomic mass is 32.1. The van der Waals surface area contributed by atoms with Gasteiger partial charge in [-0.15, -0.1) is 11.3 Å². The molecule has 2 aromatic carbocycles. The average Bonchev–Trinajstić information content (AvgIpc) is 3.67. The number of alkyl halides is 3. The molecular weight excluding hydrogens is 547 g/mol. The average molecular weight is 566 g/mol. The Hall–Kier alpha value is -5.30. The van der Waals surface area contributed by atoms with Gasteiger partial charge in [-0.25, -0.2) is 15.0 Å². The van der Waals surface area contributed by atoms with Gasteiger partial charge in [0.15, 0.2) is 0 Å². The van der Waals surface area contributed by atoms with Crippen LogP contribution in [0.25, 0.3) is 38.9 Å². The summed E-state index contributed by atoms with van der Waals surface area (Å²) in [4.78, 5) is 7.74. The van der Waals surface area contributed by atoms with Crippen LogP contribution < -0.4 is 0 Å². The van der Waals surface area contributed by atoms with Gasteiger partial charge in [0.25, 0.3) is 5.70 Å². The molecular formula is C32H18F3N3O2S. The Morgan fingerprint density at radius 3 is 2.32 bits per heavy atom. The smallest absolute Gasteiger partial charge is 0.435 e. The summed E-state index contributed by atoms with van der Waals surface area (Å²) in [7, 11) is 0. The van der Waals surface area contributed by atoms with Crippen LogP contribution in [0, 0.1) is 31.4 Å². The number of thiophene rings is 1. The molecule has 41 heavy (non-hydrogen) atoms. The van der Waals surface area contributed by atoms with Crippen molar-refractivity contribution >= 4 is 40.5 Å². The number of aryl methyl sites for hydroxylation is 1. The Balaban J connectivity index is 1.55. The molecule has 0 radical (unpaired) electrons. The third-order valence-electron chi connectivity index (χ3n) is 6.40. The summed E-state index contributed by atoms with van der Waals surface area (Å²) >= 11 is 1.32. The minimum atomic E-state index is -5.03. The maximum Gasteiger partial charge on any atom is 0.435 e. The number of ether oxygens (including phenoxy) is 1. The number of furan rings is 1. The van der Waals surface area contributed by atoms with Crippen molar-refractivity contribution < 1.29 is 22.3 Å². The van der Waals surface area contributed by atoms with E-state index >= 15 is 0 Å². The lowest BCUT2D eigenvalue weighted by Crippen LogP contribution is -2.43. The van der Waals surface area contributed by atoms with Gasteiger partial charge < -0.3 is 9.15 Å². The summed E-state index contributed by atoms with van der Waals surface area (Å²) in [5.41, 5.74) is -3.25. The summed E-state index contributed by atoms with van der Waals surface area (Å²) in [5, 5.41) is 10.4. The highest BCUT2D eigenvalue weighted by molar-refractivity contribution is 7.13. The van der Waals surface area contributed by atoms with E-state index in [1.165, 1.54) is 47.8 Å². The molecule has 1 atom stereocenters. The predicted molar refractivity (Wildman–Crippen MR) is 151 cm³/mol. The number of benzene rings is 2. The van der Waals surface area contributed by atoms with Gasteiger partial charge in [0.1, 0.15) is 17.1 Å². The first-order valence-electron chi connectivity index (χ1n) is 12.1. The number of hydrogen-bond acceptors (Lipinski definition) is 4. The van der Waals surface area contributed by atoms with Crippen LogP contribution in [0.15, 0.2) is 99.9 Å². The fraction of sp³-hybridized carbons (Fsp3) is 0.0938. The third kappa shape index (κ3) is 4.94. The van der Waals surface area contributed by atoms with E-state index in [1.54, 1.807) is 18.2 Å². The summed E-state index contributed by atoms with van der Waals surface area (Å²) in [5.74, 6) is -0.0227. The lowest BCUT2D eigenvalue weighted by atomic mass is 9.85.